The highest BCUT2D eigenvalue weighted by Crippen LogP contribution is 2.06. The van der Waals surface area contributed by atoms with E-state index in [0.717, 1.165) is 19.5 Å². The van der Waals surface area contributed by atoms with E-state index < -0.39 is 0 Å². The molecule has 0 aliphatic carbocycles. The monoisotopic (exact) mass is 225 g/mol. The lowest BCUT2D eigenvalue weighted by atomic mass is 10.1. The maximum Gasteiger partial charge on any atom is 0.0348 e. The van der Waals surface area contributed by atoms with Crippen molar-refractivity contribution in [2.75, 3.05) is 19.0 Å². The lowest BCUT2D eigenvalue weighted by Gasteiger charge is -2.04. The summed E-state index contributed by atoms with van der Waals surface area (Å²) in [5, 5.41) is 3.29. The zero-order valence-corrected chi connectivity index (χ0v) is 10.2. The fourth-order valence-electron chi connectivity index (χ4n) is 1.59. The highest BCUT2D eigenvalue weighted by molar-refractivity contribution is 6.18. The van der Waals surface area contributed by atoms with Crippen LogP contribution in [0.5, 0.6) is 0 Å². The predicted molar refractivity (Wildman–Crippen MR) is 67.7 cm³/mol. The molecule has 2 heteroatoms. The summed E-state index contributed by atoms with van der Waals surface area (Å²) in [7, 11) is 0. The molecule has 0 atom stereocenters. The second-order valence-electron chi connectivity index (χ2n) is 3.76. The second kappa shape index (κ2) is 7.72. The van der Waals surface area contributed by atoms with Gasteiger partial charge in [0.15, 0.2) is 0 Å². The molecule has 1 N–H and O–H groups in total. The molecule has 1 rings (SSSR count). The van der Waals surface area contributed by atoms with E-state index in [1.165, 1.54) is 24.0 Å². The molecule has 0 saturated carbocycles. The molecule has 1 aromatic rings. The summed E-state index contributed by atoms with van der Waals surface area (Å²) < 4.78 is 0. The Labute approximate surface area is 97.8 Å². The fourth-order valence-corrected chi connectivity index (χ4v) is 1.72. The molecule has 0 amide bonds. The number of rotatable bonds is 7. The van der Waals surface area contributed by atoms with Gasteiger partial charge in [0, 0.05) is 12.4 Å². The van der Waals surface area contributed by atoms with Crippen molar-refractivity contribution in [2.24, 2.45) is 0 Å². The minimum absolute atomic E-state index is 0.690. The van der Waals surface area contributed by atoms with Crippen molar-refractivity contribution in [3.05, 3.63) is 35.4 Å². The zero-order valence-electron chi connectivity index (χ0n) is 9.43. The van der Waals surface area contributed by atoms with Gasteiger partial charge in [-0.15, -0.1) is 11.6 Å². The van der Waals surface area contributed by atoms with Crippen LogP contribution < -0.4 is 5.32 Å². The average molecular weight is 226 g/mol. The number of benzene rings is 1. The van der Waals surface area contributed by atoms with Gasteiger partial charge in [0.05, 0.1) is 0 Å². The van der Waals surface area contributed by atoms with E-state index in [1.807, 2.05) is 0 Å². The Morgan fingerprint density at radius 3 is 2.13 bits per heavy atom. The highest BCUT2D eigenvalue weighted by atomic mass is 35.5. The van der Waals surface area contributed by atoms with Crippen molar-refractivity contribution in [2.45, 2.75) is 26.2 Å². The second-order valence-corrected chi connectivity index (χ2v) is 4.13. The molecule has 0 heterocycles. The first kappa shape index (κ1) is 12.5. The average Bonchev–Trinajstić information content (AvgIpc) is 2.27. The fraction of sp³-hybridized carbons (Fsp3) is 0.538. The highest BCUT2D eigenvalue weighted by Gasteiger charge is 1.94. The van der Waals surface area contributed by atoms with E-state index in [4.69, 9.17) is 11.6 Å². The quantitative estimate of drug-likeness (QED) is 0.556. The summed E-state index contributed by atoms with van der Waals surface area (Å²) in [5.41, 5.74) is 2.84. The van der Waals surface area contributed by atoms with E-state index in [-0.39, 0.29) is 0 Å². The van der Waals surface area contributed by atoms with Crippen LogP contribution in [0.15, 0.2) is 24.3 Å². The normalized spacial score (nSPS) is 10.5. The maximum atomic E-state index is 5.58. The summed E-state index contributed by atoms with van der Waals surface area (Å²) in [6, 6.07) is 8.93. The Kier molecular flexibility index (Phi) is 6.45. The van der Waals surface area contributed by atoms with Gasteiger partial charge in [0.2, 0.25) is 0 Å². The molecule has 0 fully saturated rings. The molecule has 84 valence electrons. The van der Waals surface area contributed by atoms with E-state index in [1.54, 1.807) is 0 Å². The predicted octanol–water partition coefficient (Wildman–Crippen LogP) is 3.01. The number of aryl methyl sites for hydroxylation is 1. The minimum Gasteiger partial charge on any atom is -0.315 e. The first-order chi connectivity index (χ1) is 7.36. The summed E-state index contributed by atoms with van der Waals surface area (Å²) in [6.45, 7) is 4.12. The smallest absolute Gasteiger partial charge is 0.0348 e. The van der Waals surface area contributed by atoms with Crippen LogP contribution in [0.25, 0.3) is 0 Å². The summed E-state index contributed by atoms with van der Waals surface area (Å²) in [4.78, 5) is 0. The van der Waals surface area contributed by atoms with E-state index >= 15 is 0 Å². The van der Waals surface area contributed by atoms with Crippen LogP contribution >= 0.6 is 11.6 Å². The number of nitrogens with one attached hydrogen (secondary N) is 1. The third kappa shape index (κ3) is 5.19. The van der Waals surface area contributed by atoms with Gasteiger partial charge < -0.3 is 5.32 Å². The van der Waals surface area contributed by atoms with E-state index in [9.17, 15) is 0 Å². The Morgan fingerprint density at radius 2 is 1.60 bits per heavy atom. The van der Waals surface area contributed by atoms with Crippen LogP contribution in [0.4, 0.5) is 0 Å². The Morgan fingerprint density at radius 1 is 1.00 bits per heavy atom. The lowest BCUT2D eigenvalue weighted by molar-refractivity contribution is 0.719. The number of hydrogen-bond acceptors (Lipinski definition) is 1. The molecule has 0 radical (unpaired) electrons. The molecule has 0 aromatic heterocycles. The molecule has 0 unspecified atom stereocenters. The van der Waals surface area contributed by atoms with Crippen molar-refractivity contribution in [1.29, 1.82) is 0 Å². The summed E-state index contributed by atoms with van der Waals surface area (Å²) in [6.07, 6.45) is 3.49. The first-order valence-corrected chi connectivity index (χ1v) is 6.24. The Bertz CT molecular complexity index is 256. The largest absolute Gasteiger partial charge is 0.315 e. The third-order valence-corrected chi connectivity index (χ3v) is 2.61. The van der Waals surface area contributed by atoms with Gasteiger partial charge in [-0.3, -0.25) is 0 Å². The maximum absolute atomic E-state index is 5.58. The molecule has 0 aliphatic rings. The van der Waals surface area contributed by atoms with Crippen LogP contribution in [0.2, 0.25) is 0 Å². The molecule has 0 bridgehead atoms. The van der Waals surface area contributed by atoms with Gasteiger partial charge in [-0.2, -0.15) is 0 Å². The van der Waals surface area contributed by atoms with Gasteiger partial charge in [-0.1, -0.05) is 37.6 Å². The van der Waals surface area contributed by atoms with Crippen molar-refractivity contribution in [3.8, 4) is 0 Å². The topological polar surface area (TPSA) is 12.0 Å². The van der Waals surface area contributed by atoms with Crippen LogP contribution in [-0.4, -0.2) is 19.0 Å². The Balaban J connectivity index is 2.29. The van der Waals surface area contributed by atoms with Crippen molar-refractivity contribution < 1.29 is 0 Å². The molecule has 1 aromatic carbocycles. The van der Waals surface area contributed by atoms with Gasteiger partial charge in [0.25, 0.3) is 0 Å². The van der Waals surface area contributed by atoms with Crippen LogP contribution in [0.3, 0.4) is 0 Å². The number of halogens is 1. The molecule has 1 nitrogen and oxygen atoms in total. The zero-order chi connectivity index (χ0) is 10.9. The van der Waals surface area contributed by atoms with Crippen molar-refractivity contribution >= 4 is 11.6 Å². The van der Waals surface area contributed by atoms with Crippen molar-refractivity contribution in [3.63, 3.8) is 0 Å². The molecule has 0 saturated heterocycles. The third-order valence-electron chi connectivity index (χ3n) is 2.42. The van der Waals surface area contributed by atoms with Gasteiger partial charge in [-0.05, 0) is 30.5 Å². The van der Waals surface area contributed by atoms with Crippen LogP contribution in [0.1, 0.15) is 24.5 Å². The SMILES string of the molecule is CCCc1ccc(CCNCCCl)cc1. The number of hydrogen-bond donors (Lipinski definition) is 1. The summed E-state index contributed by atoms with van der Waals surface area (Å²) in [5.74, 6) is 0.690. The van der Waals surface area contributed by atoms with E-state index in [0.29, 0.717) is 5.88 Å². The molecular formula is C13H20ClN. The van der Waals surface area contributed by atoms with Gasteiger partial charge >= 0.3 is 0 Å². The molecule has 0 spiro atoms. The van der Waals surface area contributed by atoms with Crippen LogP contribution in [0, 0.1) is 0 Å². The summed E-state index contributed by atoms with van der Waals surface area (Å²) >= 11 is 5.58. The van der Waals surface area contributed by atoms with Crippen LogP contribution in [-0.2, 0) is 12.8 Å². The Hall–Kier alpha value is -0.530. The van der Waals surface area contributed by atoms with E-state index in [2.05, 4.69) is 36.5 Å². The molecular weight excluding hydrogens is 206 g/mol. The lowest BCUT2D eigenvalue weighted by Crippen LogP contribution is -2.19. The molecule has 0 aliphatic heterocycles. The first-order valence-electron chi connectivity index (χ1n) is 5.71. The van der Waals surface area contributed by atoms with Gasteiger partial charge in [-0.25, -0.2) is 0 Å². The van der Waals surface area contributed by atoms with Gasteiger partial charge in [0.1, 0.15) is 0 Å². The molecule has 15 heavy (non-hydrogen) atoms. The minimum atomic E-state index is 0.690. The standard InChI is InChI=1S/C13H20ClN/c1-2-3-12-4-6-13(7-5-12)8-10-15-11-9-14/h4-7,15H,2-3,8-11H2,1H3. The number of alkyl halides is 1. The van der Waals surface area contributed by atoms with Crippen molar-refractivity contribution in [1.82, 2.24) is 5.32 Å².